The number of unbranched alkanes of at least 4 members (excludes halogenated alkanes) is 2. The average Bonchev–Trinajstić information content (AvgIpc) is 2.17. The molecular formula is C11H16Cl2N2. The quantitative estimate of drug-likeness (QED) is 0.799. The summed E-state index contributed by atoms with van der Waals surface area (Å²) >= 11 is 11.8. The van der Waals surface area contributed by atoms with Gasteiger partial charge in [-0.1, -0.05) is 49.4 Å². The molecule has 0 bridgehead atoms. The van der Waals surface area contributed by atoms with Crippen LogP contribution in [0.25, 0.3) is 0 Å². The number of aromatic nitrogens is 1. The van der Waals surface area contributed by atoms with Crippen molar-refractivity contribution in [2.24, 2.45) is 5.73 Å². The normalized spacial score (nSPS) is 12.8. The lowest BCUT2D eigenvalue weighted by Crippen LogP contribution is -2.12. The zero-order valence-electron chi connectivity index (χ0n) is 8.84. The fourth-order valence-electron chi connectivity index (χ4n) is 1.45. The van der Waals surface area contributed by atoms with E-state index in [0.29, 0.717) is 10.0 Å². The maximum absolute atomic E-state index is 6.01. The molecule has 0 aliphatic carbocycles. The molecule has 0 saturated heterocycles. The second kappa shape index (κ2) is 6.31. The molecule has 0 radical (unpaired) electrons. The van der Waals surface area contributed by atoms with Gasteiger partial charge >= 0.3 is 0 Å². The molecule has 0 saturated carbocycles. The Labute approximate surface area is 101 Å². The molecule has 1 atom stereocenters. The van der Waals surface area contributed by atoms with Gasteiger partial charge in [0.2, 0.25) is 0 Å². The van der Waals surface area contributed by atoms with Crippen molar-refractivity contribution >= 4 is 23.2 Å². The van der Waals surface area contributed by atoms with Crippen LogP contribution in [0, 0.1) is 0 Å². The van der Waals surface area contributed by atoms with E-state index in [4.69, 9.17) is 28.9 Å². The lowest BCUT2D eigenvalue weighted by atomic mass is 10.1. The molecule has 0 amide bonds. The first kappa shape index (κ1) is 12.8. The highest BCUT2D eigenvalue weighted by Gasteiger charge is 2.11. The second-order valence-corrected chi connectivity index (χ2v) is 4.47. The van der Waals surface area contributed by atoms with E-state index < -0.39 is 0 Å². The van der Waals surface area contributed by atoms with Crippen LogP contribution < -0.4 is 5.73 Å². The first-order valence-corrected chi connectivity index (χ1v) is 5.97. The fourth-order valence-corrected chi connectivity index (χ4v) is 1.97. The molecule has 4 heteroatoms. The lowest BCUT2D eigenvalue weighted by Gasteiger charge is -2.12. The minimum atomic E-state index is -0.0821. The Hall–Kier alpha value is -0.310. The Morgan fingerprint density at radius 2 is 2.13 bits per heavy atom. The van der Waals surface area contributed by atoms with E-state index in [1.807, 2.05) is 0 Å². The summed E-state index contributed by atoms with van der Waals surface area (Å²) < 4.78 is 0. The molecule has 1 aromatic rings. The Morgan fingerprint density at radius 3 is 2.73 bits per heavy atom. The molecule has 0 fully saturated rings. The third-order valence-electron chi connectivity index (χ3n) is 2.31. The Bertz CT molecular complexity index is 315. The second-order valence-electron chi connectivity index (χ2n) is 3.62. The monoisotopic (exact) mass is 246 g/mol. The number of nitrogens with two attached hydrogens (primary N) is 1. The van der Waals surface area contributed by atoms with E-state index in [2.05, 4.69) is 11.9 Å². The standard InChI is InChI=1S/C11H16Cl2N2/c1-2-3-4-5-10(14)11-9(13)6-8(12)7-15-11/h6-7,10H,2-5,14H2,1H3. The van der Waals surface area contributed by atoms with E-state index in [1.165, 1.54) is 12.8 Å². The van der Waals surface area contributed by atoms with E-state index in [-0.39, 0.29) is 6.04 Å². The van der Waals surface area contributed by atoms with Gasteiger partial charge in [0, 0.05) is 12.2 Å². The summed E-state index contributed by atoms with van der Waals surface area (Å²) in [5, 5.41) is 1.11. The molecule has 84 valence electrons. The summed E-state index contributed by atoms with van der Waals surface area (Å²) in [6, 6.07) is 1.60. The molecule has 15 heavy (non-hydrogen) atoms. The minimum absolute atomic E-state index is 0.0821. The Kier molecular flexibility index (Phi) is 5.37. The molecule has 0 aliphatic heterocycles. The summed E-state index contributed by atoms with van der Waals surface area (Å²) in [6.45, 7) is 2.17. The van der Waals surface area contributed by atoms with Gasteiger partial charge in [0.15, 0.2) is 0 Å². The maximum atomic E-state index is 6.01. The maximum Gasteiger partial charge on any atom is 0.0757 e. The number of nitrogens with zero attached hydrogens (tertiary/aromatic N) is 1. The minimum Gasteiger partial charge on any atom is -0.323 e. The van der Waals surface area contributed by atoms with E-state index in [9.17, 15) is 0 Å². The lowest BCUT2D eigenvalue weighted by molar-refractivity contribution is 0.571. The van der Waals surface area contributed by atoms with Crippen LogP contribution in [-0.4, -0.2) is 4.98 Å². The number of hydrogen-bond donors (Lipinski definition) is 1. The molecule has 0 aromatic carbocycles. The van der Waals surface area contributed by atoms with Crippen LogP contribution >= 0.6 is 23.2 Å². The van der Waals surface area contributed by atoms with Crippen LogP contribution in [0.2, 0.25) is 10.0 Å². The van der Waals surface area contributed by atoms with Gasteiger partial charge in [-0.15, -0.1) is 0 Å². The molecule has 0 spiro atoms. The molecule has 2 nitrogen and oxygen atoms in total. The van der Waals surface area contributed by atoms with Crippen LogP contribution in [0.3, 0.4) is 0 Å². The molecule has 1 rings (SSSR count). The highest BCUT2D eigenvalue weighted by Crippen LogP contribution is 2.25. The number of halogens is 2. The van der Waals surface area contributed by atoms with Crippen molar-refractivity contribution < 1.29 is 0 Å². The summed E-state index contributed by atoms with van der Waals surface area (Å²) in [5.41, 5.74) is 6.74. The SMILES string of the molecule is CCCCCC(N)c1ncc(Cl)cc1Cl. The van der Waals surface area contributed by atoms with Crippen molar-refractivity contribution in [3.8, 4) is 0 Å². The van der Waals surface area contributed by atoms with Gasteiger partial charge in [0.05, 0.1) is 15.7 Å². The van der Waals surface area contributed by atoms with Gasteiger partial charge in [-0.05, 0) is 12.5 Å². The van der Waals surface area contributed by atoms with Gasteiger partial charge in [-0.25, -0.2) is 0 Å². The van der Waals surface area contributed by atoms with E-state index >= 15 is 0 Å². The topological polar surface area (TPSA) is 38.9 Å². The van der Waals surface area contributed by atoms with E-state index in [0.717, 1.165) is 18.5 Å². The van der Waals surface area contributed by atoms with Crippen molar-refractivity contribution in [3.63, 3.8) is 0 Å². The van der Waals surface area contributed by atoms with Gasteiger partial charge in [0.1, 0.15) is 0 Å². The summed E-state index contributed by atoms with van der Waals surface area (Å²) in [5.74, 6) is 0. The molecule has 0 aliphatic rings. The van der Waals surface area contributed by atoms with Crippen LogP contribution in [0.5, 0.6) is 0 Å². The molecule has 1 aromatic heterocycles. The van der Waals surface area contributed by atoms with Gasteiger partial charge in [-0.3, -0.25) is 4.98 Å². The molecule has 1 unspecified atom stereocenters. The van der Waals surface area contributed by atoms with Crippen LogP contribution in [0.4, 0.5) is 0 Å². The predicted molar refractivity (Wildman–Crippen MR) is 65.3 cm³/mol. The number of rotatable bonds is 5. The zero-order valence-corrected chi connectivity index (χ0v) is 10.4. The number of pyridine rings is 1. The predicted octanol–water partition coefficient (Wildman–Crippen LogP) is 3.97. The van der Waals surface area contributed by atoms with Crippen molar-refractivity contribution in [2.75, 3.05) is 0 Å². The van der Waals surface area contributed by atoms with Crippen molar-refractivity contribution in [2.45, 2.75) is 38.6 Å². The smallest absolute Gasteiger partial charge is 0.0757 e. The van der Waals surface area contributed by atoms with E-state index in [1.54, 1.807) is 12.3 Å². The molecule has 2 N–H and O–H groups in total. The first-order valence-electron chi connectivity index (χ1n) is 5.21. The zero-order chi connectivity index (χ0) is 11.3. The fraction of sp³-hybridized carbons (Fsp3) is 0.545. The van der Waals surface area contributed by atoms with Crippen LogP contribution in [0.1, 0.15) is 44.3 Å². The summed E-state index contributed by atoms with van der Waals surface area (Å²) in [7, 11) is 0. The summed E-state index contributed by atoms with van der Waals surface area (Å²) in [6.07, 6.45) is 6.00. The molecular weight excluding hydrogens is 231 g/mol. The first-order chi connectivity index (χ1) is 7.15. The van der Waals surface area contributed by atoms with Crippen LogP contribution in [-0.2, 0) is 0 Å². The highest BCUT2D eigenvalue weighted by atomic mass is 35.5. The number of hydrogen-bond acceptors (Lipinski definition) is 2. The van der Waals surface area contributed by atoms with Crippen molar-refractivity contribution in [1.29, 1.82) is 0 Å². The van der Waals surface area contributed by atoms with Gasteiger partial charge in [-0.2, -0.15) is 0 Å². The largest absolute Gasteiger partial charge is 0.323 e. The third-order valence-corrected chi connectivity index (χ3v) is 2.82. The Balaban J connectivity index is 2.61. The van der Waals surface area contributed by atoms with Crippen molar-refractivity contribution in [1.82, 2.24) is 4.98 Å². The van der Waals surface area contributed by atoms with Gasteiger partial charge in [0.25, 0.3) is 0 Å². The Morgan fingerprint density at radius 1 is 1.40 bits per heavy atom. The summed E-state index contributed by atoms with van der Waals surface area (Å²) in [4.78, 5) is 4.17. The van der Waals surface area contributed by atoms with Crippen molar-refractivity contribution in [3.05, 3.63) is 28.0 Å². The average molecular weight is 247 g/mol. The third kappa shape index (κ3) is 3.98. The highest BCUT2D eigenvalue weighted by molar-refractivity contribution is 6.34. The van der Waals surface area contributed by atoms with Gasteiger partial charge < -0.3 is 5.73 Å². The van der Waals surface area contributed by atoms with Crippen LogP contribution in [0.15, 0.2) is 12.3 Å². The molecule has 1 heterocycles.